The summed E-state index contributed by atoms with van der Waals surface area (Å²) in [6.45, 7) is 0. The Balaban J connectivity index is 2.88. The number of rotatable bonds is 1. The van der Waals surface area contributed by atoms with Crippen LogP contribution in [0.3, 0.4) is 0 Å². The average molecular weight is 423 g/mol. The van der Waals surface area contributed by atoms with E-state index in [-0.39, 0.29) is 0 Å². The van der Waals surface area contributed by atoms with Crippen molar-refractivity contribution < 1.29 is 70.6 Å². The molecule has 0 unspecified atom stereocenters. The summed E-state index contributed by atoms with van der Waals surface area (Å²) in [4.78, 5) is -3.51. The normalized spacial score (nSPS) is 32.7. The van der Waals surface area contributed by atoms with Crippen LogP contribution in [-0.4, -0.2) is 47.0 Å². The van der Waals surface area contributed by atoms with Gasteiger partial charge in [0.1, 0.15) is 5.70 Å². The van der Waals surface area contributed by atoms with Gasteiger partial charge in [-0.3, -0.25) is 0 Å². The molecule has 0 aromatic rings. The van der Waals surface area contributed by atoms with E-state index in [0.29, 0.717) is 0 Å². The van der Waals surface area contributed by atoms with Gasteiger partial charge < -0.3 is 0 Å². The van der Waals surface area contributed by atoms with Crippen molar-refractivity contribution in [1.82, 2.24) is 4.90 Å². The molecule has 1 fully saturated rings. The molecule has 2 rings (SSSR count). The molecular weight excluding hydrogens is 423 g/mol. The van der Waals surface area contributed by atoms with Crippen LogP contribution in [0.15, 0.2) is 11.5 Å². The van der Waals surface area contributed by atoms with Crippen LogP contribution in [0.2, 0.25) is 0 Å². The standard InChI is InChI=1S/C9F15NO/c10-1-2(4(13,14)5(15,16)3(1,11)12)25-6(17,18)8(21,22)26-9(23,24)7(25,19)20. The Labute approximate surface area is 130 Å². The summed E-state index contributed by atoms with van der Waals surface area (Å²) in [7, 11) is 0. The highest BCUT2D eigenvalue weighted by Crippen LogP contribution is 2.66. The van der Waals surface area contributed by atoms with E-state index in [9.17, 15) is 65.9 Å². The Morgan fingerprint density at radius 2 is 0.923 bits per heavy atom. The first-order valence-corrected chi connectivity index (χ1v) is 5.66. The highest BCUT2D eigenvalue weighted by Gasteiger charge is 2.90. The fourth-order valence-electron chi connectivity index (χ4n) is 2.01. The molecule has 17 heteroatoms. The van der Waals surface area contributed by atoms with E-state index in [1.165, 1.54) is 0 Å². The lowest BCUT2D eigenvalue weighted by molar-refractivity contribution is -0.559. The molecule has 0 radical (unpaired) electrons. The molecule has 152 valence electrons. The van der Waals surface area contributed by atoms with Gasteiger partial charge in [-0.2, -0.15) is 61.5 Å². The van der Waals surface area contributed by atoms with Crippen molar-refractivity contribution in [3.63, 3.8) is 0 Å². The summed E-state index contributed by atoms with van der Waals surface area (Å²) in [5.41, 5.74) is -4.44. The van der Waals surface area contributed by atoms with Crippen LogP contribution in [0.5, 0.6) is 0 Å². The molecule has 0 atom stereocenters. The van der Waals surface area contributed by atoms with Gasteiger partial charge in [-0.05, 0) is 0 Å². The minimum atomic E-state index is -7.08. The van der Waals surface area contributed by atoms with Gasteiger partial charge in [0.25, 0.3) is 0 Å². The first-order valence-electron chi connectivity index (χ1n) is 5.66. The first-order chi connectivity index (χ1) is 11.1. The van der Waals surface area contributed by atoms with Crippen molar-refractivity contribution in [2.45, 2.75) is 42.1 Å². The van der Waals surface area contributed by atoms with Gasteiger partial charge in [0.05, 0.1) is 0 Å². The number of morpholine rings is 1. The van der Waals surface area contributed by atoms with Crippen LogP contribution < -0.4 is 0 Å². The Kier molecular flexibility index (Phi) is 3.71. The van der Waals surface area contributed by atoms with E-state index < -0.39 is 58.5 Å². The zero-order chi connectivity index (χ0) is 20.9. The van der Waals surface area contributed by atoms with Crippen LogP contribution in [0.25, 0.3) is 0 Å². The maximum Gasteiger partial charge on any atom is 0.445 e. The quantitative estimate of drug-likeness (QED) is 0.445. The summed E-state index contributed by atoms with van der Waals surface area (Å²) in [5, 5.41) is 0. The van der Waals surface area contributed by atoms with E-state index in [2.05, 4.69) is 0 Å². The SMILES string of the molecule is FC1=C(N2C(F)(F)C(F)(F)OC(F)(F)C2(F)F)C(F)(F)C(F)(F)C1(F)F. The maximum absolute atomic E-state index is 13.4. The third-order valence-corrected chi connectivity index (χ3v) is 3.31. The van der Waals surface area contributed by atoms with Crippen molar-refractivity contribution in [3.05, 3.63) is 11.5 Å². The fourth-order valence-corrected chi connectivity index (χ4v) is 2.01. The monoisotopic (exact) mass is 423 g/mol. The van der Waals surface area contributed by atoms with Gasteiger partial charge in [-0.25, -0.2) is 14.0 Å². The Morgan fingerprint density at radius 3 is 1.19 bits per heavy atom. The van der Waals surface area contributed by atoms with Gasteiger partial charge in [0, 0.05) is 0 Å². The lowest BCUT2D eigenvalue weighted by Crippen LogP contribution is -2.74. The molecule has 26 heavy (non-hydrogen) atoms. The van der Waals surface area contributed by atoms with Crippen molar-refractivity contribution in [3.8, 4) is 0 Å². The molecule has 0 amide bonds. The Bertz CT molecular complexity index is 638. The van der Waals surface area contributed by atoms with Gasteiger partial charge >= 0.3 is 42.1 Å². The van der Waals surface area contributed by atoms with Gasteiger partial charge in [-0.1, -0.05) is 0 Å². The molecule has 2 aliphatic rings. The average Bonchev–Trinajstić information content (AvgIpc) is 2.46. The number of ether oxygens (including phenoxy) is 1. The van der Waals surface area contributed by atoms with E-state index in [4.69, 9.17) is 0 Å². The van der Waals surface area contributed by atoms with Crippen molar-refractivity contribution in [2.75, 3.05) is 0 Å². The topological polar surface area (TPSA) is 12.5 Å². The van der Waals surface area contributed by atoms with Gasteiger partial charge in [0.15, 0.2) is 0 Å². The molecular formula is C9F15NO. The lowest BCUT2D eigenvalue weighted by Gasteiger charge is -2.49. The fraction of sp³-hybridized carbons (Fsp3) is 0.778. The highest BCUT2D eigenvalue weighted by molar-refractivity contribution is 5.38. The number of halogens is 15. The first kappa shape index (κ1) is 20.8. The van der Waals surface area contributed by atoms with Crippen LogP contribution in [0.1, 0.15) is 0 Å². The number of nitrogens with zero attached hydrogens (tertiary/aromatic N) is 1. The van der Waals surface area contributed by atoms with Crippen LogP contribution in [-0.2, 0) is 4.74 Å². The molecule has 1 aliphatic carbocycles. The highest BCUT2D eigenvalue weighted by atomic mass is 19.4. The number of allylic oxidation sites excluding steroid dienone is 2. The van der Waals surface area contributed by atoms with E-state index in [1.807, 2.05) is 4.74 Å². The Morgan fingerprint density at radius 1 is 0.577 bits per heavy atom. The molecule has 2 nitrogen and oxygen atoms in total. The van der Waals surface area contributed by atoms with Crippen LogP contribution in [0.4, 0.5) is 65.9 Å². The summed E-state index contributed by atoms with van der Waals surface area (Å²) < 4.78 is 199. The second-order valence-electron chi connectivity index (χ2n) is 4.94. The van der Waals surface area contributed by atoms with Gasteiger partial charge in [-0.15, -0.1) is 0 Å². The number of hydrogen-bond donors (Lipinski definition) is 0. The maximum atomic E-state index is 13.4. The second-order valence-corrected chi connectivity index (χ2v) is 4.94. The minimum absolute atomic E-state index is 1.82. The van der Waals surface area contributed by atoms with Crippen molar-refractivity contribution in [2.24, 2.45) is 0 Å². The predicted octanol–water partition coefficient (Wildman–Crippen LogP) is 4.79. The van der Waals surface area contributed by atoms with Crippen molar-refractivity contribution in [1.29, 1.82) is 0 Å². The van der Waals surface area contributed by atoms with Crippen LogP contribution in [0, 0.1) is 0 Å². The molecule has 0 saturated carbocycles. The molecule has 1 heterocycles. The smallest absolute Gasteiger partial charge is 0.242 e. The minimum Gasteiger partial charge on any atom is -0.242 e. The molecule has 0 N–H and O–H groups in total. The lowest BCUT2D eigenvalue weighted by atomic mass is 10.1. The van der Waals surface area contributed by atoms with E-state index in [0.717, 1.165) is 0 Å². The molecule has 0 spiro atoms. The van der Waals surface area contributed by atoms with Crippen LogP contribution >= 0.6 is 0 Å². The molecule has 0 aromatic carbocycles. The molecule has 0 aromatic heterocycles. The molecule has 0 bridgehead atoms. The second kappa shape index (κ2) is 4.64. The largest absolute Gasteiger partial charge is 0.445 e. The Hall–Kier alpha value is -1.55. The zero-order valence-electron chi connectivity index (χ0n) is 11.0. The number of hydrogen-bond acceptors (Lipinski definition) is 2. The van der Waals surface area contributed by atoms with Crippen molar-refractivity contribution >= 4 is 0 Å². The van der Waals surface area contributed by atoms with E-state index in [1.54, 1.807) is 0 Å². The third-order valence-electron chi connectivity index (χ3n) is 3.31. The molecule has 1 aliphatic heterocycles. The number of alkyl halides is 14. The summed E-state index contributed by atoms with van der Waals surface area (Å²) in [6.07, 6.45) is -13.6. The van der Waals surface area contributed by atoms with E-state index >= 15 is 0 Å². The zero-order valence-corrected chi connectivity index (χ0v) is 11.0. The predicted molar refractivity (Wildman–Crippen MR) is 45.7 cm³/mol. The summed E-state index contributed by atoms with van der Waals surface area (Å²) in [6, 6.07) is -14.2. The van der Waals surface area contributed by atoms with Gasteiger partial charge in [0.2, 0.25) is 5.83 Å². The summed E-state index contributed by atoms with van der Waals surface area (Å²) >= 11 is 0. The summed E-state index contributed by atoms with van der Waals surface area (Å²) in [5.74, 6) is -25.2. The molecule has 1 saturated heterocycles. The third kappa shape index (κ3) is 1.97.